The molecule has 0 bridgehead atoms. The lowest BCUT2D eigenvalue weighted by Gasteiger charge is -2.23. The topological polar surface area (TPSA) is 22.1 Å². The molecule has 0 atom stereocenters. The third-order valence-electron chi connectivity index (χ3n) is 1.86. The van der Waals surface area contributed by atoms with Crippen molar-refractivity contribution < 1.29 is 31.1 Å². The third-order valence-corrected chi connectivity index (χ3v) is 2.69. The summed E-state index contributed by atoms with van der Waals surface area (Å²) in [5, 5.41) is 0. The fraction of sp³-hybridized carbons (Fsp3) is 0.444. The van der Waals surface area contributed by atoms with E-state index in [9.17, 15) is 26.3 Å². The van der Waals surface area contributed by atoms with Gasteiger partial charge in [0.05, 0.1) is 0 Å². The fourth-order valence-corrected chi connectivity index (χ4v) is 1.23. The van der Waals surface area contributed by atoms with Gasteiger partial charge in [-0.3, -0.25) is 0 Å². The Hall–Kier alpha value is -0.990. The Balaban J connectivity index is 3.01. The average molecular weight is 338 g/mol. The number of nitrogens with zero attached hydrogens (tertiary/aromatic N) is 1. The van der Waals surface area contributed by atoms with Gasteiger partial charge in [0.1, 0.15) is 0 Å². The molecule has 1 aromatic rings. The summed E-state index contributed by atoms with van der Waals surface area (Å²) in [6.07, 6.45) is -13.9. The van der Waals surface area contributed by atoms with E-state index in [2.05, 4.69) is 25.7 Å². The van der Waals surface area contributed by atoms with Crippen LogP contribution in [0.4, 0.5) is 26.3 Å². The van der Waals surface area contributed by atoms with Crippen molar-refractivity contribution in [2.24, 2.45) is 0 Å². The van der Waals surface area contributed by atoms with Crippen molar-refractivity contribution in [3.63, 3.8) is 0 Å². The number of pyridine rings is 1. The van der Waals surface area contributed by atoms with Gasteiger partial charge in [-0.25, -0.2) is 4.98 Å². The highest BCUT2D eigenvalue weighted by Crippen LogP contribution is 2.36. The molecule has 0 aliphatic carbocycles. The van der Waals surface area contributed by atoms with Crippen LogP contribution in [0, 0.1) is 6.92 Å². The van der Waals surface area contributed by atoms with Gasteiger partial charge in [-0.2, -0.15) is 26.3 Å². The van der Waals surface area contributed by atoms with Crippen LogP contribution in [0.1, 0.15) is 5.56 Å². The largest absolute Gasteiger partial charge is 0.455 e. The summed E-state index contributed by atoms with van der Waals surface area (Å²) >= 11 is 3.01. The van der Waals surface area contributed by atoms with E-state index in [4.69, 9.17) is 0 Å². The first-order chi connectivity index (χ1) is 8.01. The smallest absolute Gasteiger partial charge is 0.434 e. The quantitative estimate of drug-likeness (QED) is 0.760. The highest BCUT2D eigenvalue weighted by atomic mass is 79.9. The molecule has 0 spiro atoms. The fourth-order valence-electron chi connectivity index (χ4n) is 1.02. The minimum atomic E-state index is -5.55. The number of aryl methyl sites for hydroxylation is 1. The highest BCUT2D eigenvalue weighted by Gasteiger charge is 2.59. The van der Waals surface area contributed by atoms with Crippen LogP contribution >= 0.6 is 15.9 Å². The van der Waals surface area contributed by atoms with Gasteiger partial charge < -0.3 is 4.74 Å². The van der Waals surface area contributed by atoms with Crippen molar-refractivity contribution in [1.29, 1.82) is 0 Å². The van der Waals surface area contributed by atoms with Crippen molar-refractivity contribution in [2.45, 2.75) is 25.4 Å². The molecule has 9 heteroatoms. The number of rotatable bonds is 2. The van der Waals surface area contributed by atoms with Crippen LogP contribution in [-0.2, 0) is 0 Å². The Morgan fingerprint density at radius 3 is 2.06 bits per heavy atom. The maximum atomic E-state index is 12.2. The first kappa shape index (κ1) is 15.1. The van der Waals surface area contributed by atoms with E-state index in [-0.39, 0.29) is 0 Å². The second kappa shape index (κ2) is 4.94. The number of aromatic nitrogens is 1. The van der Waals surface area contributed by atoms with Gasteiger partial charge in [-0.05, 0) is 28.4 Å². The van der Waals surface area contributed by atoms with Gasteiger partial charge in [0.2, 0.25) is 5.88 Å². The summed E-state index contributed by atoms with van der Waals surface area (Å²) in [5.74, 6) is -0.740. The van der Waals surface area contributed by atoms with Gasteiger partial charge in [0, 0.05) is 16.7 Å². The minimum Gasteiger partial charge on any atom is -0.455 e. The second-order valence-corrected chi connectivity index (χ2v) is 4.21. The molecule has 1 aromatic heterocycles. The first-order valence-corrected chi connectivity index (χ1v) is 5.23. The Morgan fingerprint density at radius 2 is 1.67 bits per heavy atom. The molecule has 0 fully saturated rings. The molecule has 1 rings (SSSR count). The maximum absolute atomic E-state index is 12.2. The molecular weight excluding hydrogens is 332 g/mol. The van der Waals surface area contributed by atoms with E-state index in [0.29, 0.717) is 10.0 Å². The first-order valence-electron chi connectivity index (χ1n) is 4.44. The normalized spacial score (nSPS) is 12.9. The molecule has 1 heterocycles. The Kier molecular flexibility index (Phi) is 4.14. The molecule has 18 heavy (non-hydrogen) atoms. The Morgan fingerprint density at radius 1 is 1.17 bits per heavy atom. The van der Waals surface area contributed by atoms with Crippen molar-refractivity contribution in [3.8, 4) is 5.88 Å². The number of alkyl halides is 6. The van der Waals surface area contributed by atoms with Crippen LogP contribution in [0.2, 0.25) is 0 Å². The summed E-state index contributed by atoms with van der Waals surface area (Å²) in [7, 11) is 0. The zero-order valence-corrected chi connectivity index (χ0v) is 10.3. The van der Waals surface area contributed by atoms with Gasteiger partial charge in [-0.1, -0.05) is 0 Å². The molecule has 0 aromatic carbocycles. The van der Waals surface area contributed by atoms with Gasteiger partial charge in [0.15, 0.2) is 0 Å². The molecule has 0 aliphatic rings. The number of halogens is 7. The number of ether oxygens (including phenoxy) is 1. The van der Waals surface area contributed by atoms with Crippen molar-refractivity contribution in [3.05, 3.63) is 22.3 Å². The molecule has 0 radical (unpaired) electrons. The van der Waals surface area contributed by atoms with Crippen LogP contribution < -0.4 is 4.74 Å². The van der Waals surface area contributed by atoms with Crippen molar-refractivity contribution in [1.82, 2.24) is 4.98 Å². The van der Waals surface area contributed by atoms with E-state index < -0.39 is 24.3 Å². The number of hydrogen-bond donors (Lipinski definition) is 0. The summed E-state index contributed by atoms with van der Waals surface area (Å²) in [5.41, 5.74) is 0.406. The predicted molar refractivity (Wildman–Crippen MR) is 53.2 cm³/mol. The minimum absolute atomic E-state index is 0.406. The maximum Gasteiger partial charge on any atom is 0.434 e. The lowest BCUT2D eigenvalue weighted by Crippen LogP contribution is -2.46. The lowest BCUT2D eigenvalue weighted by atomic mass is 10.3. The molecule has 0 saturated heterocycles. The van der Waals surface area contributed by atoms with E-state index in [1.54, 1.807) is 0 Å². The Labute approximate surface area is 106 Å². The van der Waals surface area contributed by atoms with E-state index in [1.807, 2.05) is 0 Å². The van der Waals surface area contributed by atoms with Crippen molar-refractivity contribution >= 4 is 15.9 Å². The van der Waals surface area contributed by atoms with Crippen molar-refractivity contribution in [2.75, 3.05) is 0 Å². The van der Waals surface area contributed by atoms with Gasteiger partial charge in [0.25, 0.3) is 6.10 Å². The monoisotopic (exact) mass is 337 g/mol. The molecule has 0 aliphatic heterocycles. The summed E-state index contributed by atoms with van der Waals surface area (Å²) in [4.78, 5) is 3.34. The van der Waals surface area contributed by atoms with Crippen LogP contribution in [0.15, 0.2) is 16.7 Å². The van der Waals surface area contributed by atoms with Crippen LogP contribution in [0.3, 0.4) is 0 Å². The van der Waals surface area contributed by atoms with E-state index >= 15 is 0 Å². The molecule has 102 valence electrons. The predicted octanol–water partition coefficient (Wildman–Crippen LogP) is 4.02. The second-order valence-electron chi connectivity index (χ2n) is 3.35. The highest BCUT2D eigenvalue weighted by molar-refractivity contribution is 9.10. The van der Waals surface area contributed by atoms with Crippen LogP contribution in [-0.4, -0.2) is 23.4 Å². The lowest BCUT2D eigenvalue weighted by molar-refractivity contribution is -0.300. The summed E-state index contributed by atoms with van der Waals surface area (Å²) in [6.45, 7) is 1.48. The van der Waals surface area contributed by atoms with E-state index in [1.165, 1.54) is 6.92 Å². The average Bonchev–Trinajstić information content (AvgIpc) is 2.16. The molecular formula is C9H6BrF6NO. The molecule has 2 nitrogen and oxygen atoms in total. The van der Waals surface area contributed by atoms with Crippen LogP contribution in [0.5, 0.6) is 5.88 Å². The van der Waals surface area contributed by atoms with Gasteiger partial charge >= 0.3 is 12.4 Å². The van der Waals surface area contributed by atoms with Gasteiger partial charge in [-0.15, -0.1) is 0 Å². The number of hydrogen-bond acceptors (Lipinski definition) is 2. The zero-order chi connectivity index (χ0) is 14.1. The van der Waals surface area contributed by atoms with Crippen LogP contribution in [0.25, 0.3) is 0 Å². The zero-order valence-electron chi connectivity index (χ0n) is 8.73. The van der Waals surface area contributed by atoms with E-state index in [0.717, 1.165) is 12.3 Å². The summed E-state index contributed by atoms with van der Waals surface area (Å²) < 4.78 is 77.5. The molecule has 0 unspecified atom stereocenters. The third kappa shape index (κ3) is 3.76. The summed E-state index contributed by atoms with van der Waals surface area (Å²) in [6, 6.07) is 0.981. The molecule has 0 amide bonds. The molecule has 0 saturated carbocycles. The standard InChI is InChI=1S/C9H6BrF6NO/c1-4-2-6(17-3-5(4)10)18-7(8(11,12)13)9(14,15)16/h2-3,7H,1H3. The SMILES string of the molecule is Cc1cc(OC(C(F)(F)F)C(F)(F)F)ncc1Br. The molecule has 0 N–H and O–H groups in total. The Bertz CT molecular complexity index is 416.